The van der Waals surface area contributed by atoms with Crippen molar-refractivity contribution in [2.75, 3.05) is 29.0 Å². The zero-order valence-electron chi connectivity index (χ0n) is 11.4. The second-order valence-electron chi connectivity index (χ2n) is 5.02. The fourth-order valence-electron chi connectivity index (χ4n) is 2.42. The topological polar surface area (TPSA) is 67.1 Å². The molecule has 0 spiro atoms. The van der Waals surface area contributed by atoms with E-state index in [0.29, 0.717) is 5.82 Å². The van der Waals surface area contributed by atoms with Gasteiger partial charge in [0.1, 0.15) is 11.6 Å². The molecular formula is C15H19N5. The minimum Gasteiger partial charge on any atom is -0.383 e. The Kier molecular flexibility index (Phi) is 3.67. The number of nitrogens with one attached hydrogen (secondary N) is 1. The van der Waals surface area contributed by atoms with Gasteiger partial charge in [-0.25, -0.2) is 0 Å². The monoisotopic (exact) mass is 269 g/mol. The predicted octanol–water partition coefficient (Wildman–Crippen LogP) is 2.79. The SMILES string of the molecule is Nc1cc(Nc2ccccc2)nc(N2CCCCC2)n1. The van der Waals surface area contributed by atoms with E-state index in [1.54, 1.807) is 6.07 Å². The fraction of sp³-hybridized carbons (Fsp3) is 0.333. The van der Waals surface area contributed by atoms with Crippen LogP contribution in [0.15, 0.2) is 36.4 Å². The van der Waals surface area contributed by atoms with Crippen molar-refractivity contribution in [1.82, 2.24) is 9.97 Å². The molecule has 20 heavy (non-hydrogen) atoms. The van der Waals surface area contributed by atoms with Crippen molar-refractivity contribution in [1.29, 1.82) is 0 Å². The summed E-state index contributed by atoms with van der Waals surface area (Å²) in [5.74, 6) is 1.96. The number of hydrogen-bond acceptors (Lipinski definition) is 5. The predicted molar refractivity (Wildman–Crippen MR) is 82.2 cm³/mol. The number of nitrogens with zero attached hydrogens (tertiary/aromatic N) is 3. The number of aromatic nitrogens is 2. The van der Waals surface area contributed by atoms with Crippen molar-refractivity contribution in [3.63, 3.8) is 0 Å². The number of nitrogen functional groups attached to an aromatic ring is 1. The van der Waals surface area contributed by atoms with Crippen molar-refractivity contribution in [2.45, 2.75) is 19.3 Å². The van der Waals surface area contributed by atoms with E-state index in [4.69, 9.17) is 5.73 Å². The van der Waals surface area contributed by atoms with E-state index in [9.17, 15) is 0 Å². The van der Waals surface area contributed by atoms with Gasteiger partial charge in [-0.3, -0.25) is 0 Å². The lowest BCUT2D eigenvalue weighted by Crippen LogP contribution is -2.31. The lowest BCUT2D eigenvalue weighted by molar-refractivity contribution is 0.568. The molecule has 1 aromatic carbocycles. The molecule has 1 fully saturated rings. The van der Waals surface area contributed by atoms with Crippen LogP contribution in [-0.4, -0.2) is 23.1 Å². The maximum Gasteiger partial charge on any atom is 0.229 e. The van der Waals surface area contributed by atoms with Gasteiger partial charge >= 0.3 is 0 Å². The van der Waals surface area contributed by atoms with Crippen molar-refractivity contribution in [3.8, 4) is 0 Å². The Bertz CT molecular complexity index is 564. The van der Waals surface area contributed by atoms with Crippen LogP contribution in [0.4, 0.5) is 23.3 Å². The van der Waals surface area contributed by atoms with Crippen LogP contribution in [0.25, 0.3) is 0 Å². The highest BCUT2D eigenvalue weighted by Gasteiger charge is 2.14. The Morgan fingerprint density at radius 1 is 1.00 bits per heavy atom. The molecule has 1 saturated heterocycles. The number of rotatable bonds is 3. The third-order valence-corrected chi connectivity index (χ3v) is 3.42. The van der Waals surface area contributed by atoms with Crippen LogP contribution >= 0.6 is 0 Å². The molecule has 0 amide bonds. The third-order valence-electron chi connectivity index (χ3n) is 3.42. The van der Waals surface area contributed by atoms with Crippen molar-refractivity contribution < 1.29 is 0 Å². The number of piperidine rings is 1. The van der Waals surface area contributed by atoms with E-state index >= 15 is 0 Å². The molecule has 0 aliphatic carbocycles. The van der Waals surface area contributed by atoms with Gasteiger partial charge in [0.2, 0.25) is 5.95 Å². The molecule has 0 radical (unpaired) electrons. The van der Waals surface area contributed by atoms with Gasteiger partial charge < -0.3 is 16.0 Å². The number of benzene rings is 1. The Hall–Kier alpha value is -2.30. The molecule has 0 unspecified atom stereocenters. The molecule has 104 valence electrons. The van der Waals surface area contributed by atoms with Gasteiger partial charge in [0.05, 0.1) is 0 Å². The summed E-state index contributed by atoms with van der Waals surface area (Å²) in [5, 5.41) is 3.27. The molecule has 1 aromatic heterocycles. The van der Waals surface area contributed by atoms with E-state index in [1.165, 1.54) is 19.3 Å². The van der Waals surface area contributed by atoms with Crippen LogP contribution in [0.1, 0.15) is 19.3 Å². The van der Waals surface area contributed by atoms with Gasteiger partial charge in [-0.05, 0) is 31.4 Å². The zero-order valence-corrected chi connectivity index (χ0v) is 11.4. The van der Waals surface area contributed by atoms with Crippen molar-refractivity contribution in [3.05, 3.63) is 36.4 Å². The minimum atomic E-state index is 0.499. The molecule has 0 saturated carbocycles. The van der Waals surface area contributed by atoms with Gasteiger partial charge in [0, 0.05) is 24.8 Å². The van der Waals surface area contributed by atoms with E-state index in [1.807, 2.05) is 30.3 Å². The largest absolute Gasteiger partial charge is 0.383 e. The Labute approximate surface area is 118 Å². The van der Waals surface area contributed by atoms with Gasteiger partial charge in [-0.2, -0.15) is 9.97 Å². The third kappa shape index (κ3) is 2.99. The molecule has 2 heterocycles. The number of hydrogen-bond donors (Lipinski definition) is 2. The number of anilines is 4. The smallest absolute Gasteiger partial charge is 0.229 e. The summed E-state index contributed by atoms with van der Waals surface area (Å²) in [6.07, 6.45) is 3.67. The molecule has 1 aliphatic rings. The lowest BCUT2D eigenvalue weighted by atomic mass is 10.1. The van der Waals surface area contributed by atoms with Gasteiger partial charge in [-0.15, -0.1) is 0 Å². The highest BCUT2D eigenvalue weighted by molar-refractivity contribution is 5.60. The molecule has 5 nitrogen and oxygen atoms in total. The second kappa shape index (κ2) is 5.77. The summed E-state index contributed by atoms with van der Waals surface area (Å²) in [7, 11) is 0. The van der Waals surface area contributed by atoms with Crippen LogP contribution in [0.2, 0.25) is 0 Å². The van der Waals surface area contributed by atoms with Crippen LogP contribution in [0, 0.1) is 0 Å². The normalized spacial score (nSPS) is 15.1. The molecule has 0 bridgehead atoms. The summed E-state index contributed by atoms with van der Waals surface area (Å²) in [4.78, 5) is 11.1. The average Bonchev–Trinajstić information content (AvgIpc) is 2.49. The first-order chi connectivity index (χ1) is 9.81. The van der Waals surface area contributed by atoms with Gasteiger partial charge in [-0.1, -0.05) is 18.2 Å². The average molecular weight is 269 g/mol. The standard InChI is InChI=1S/C15H19N5/c16-13-11-14(17-12-7-3-1-4-8-12)19-15(18-13)20-9-5-2-6-10-20/h1,3-4,7-8,11H,2,5-6,9-10H2,(H3,16,17,18,19). The number of nitrogens with two attached hydrogens (primary N) is 1. The Morgan fingerprint density at radius 2 is 1.75 bits per heavy atom. The first-order valence-electron chi connectivity index (χ1n) is 7.03. The summed E-state index contributed by atoms with van der Waals surface area (Å²) >= 11 is 0. The maximum absolute atomic E-state index is 5.90. The Balaban J connectivity index is 1.82. The molecule has 3 rings (SSSR count). The van der Waals surface area contributed by atoms with E-state index in [2.05, 4.69) is 20.2 Å². The molecular weight excluding hydrogens is 250 g/mol. The maximum atomic E-state index is 5.90. The van der Waals surface area contributed by atoms with Crippen LogP contribution in [-0.2, 0) is 0 Å². The summed E-state index contributed by atoms with van der Waals surface area (Å²) in [6.45, 7) is 2.02. The quantitative estimate of drug-likeness (QED) is 0.896. The van der Waals surface area contributed by atoms with E-state index in [0.717, 1.165) is 30.5 Å². The van der Waals surface area contributed by atoms with Crippen molar-refractivity contribution in [2.24, 2.45) is 0 Å². The van der Waals surface area contributed by atoms with E-state index in [-0.39, 0.29) is 0 Å². The van der Waals surface area contributed by atoms with Crippen molar-refractivity contribution >= 4 is 23.3 Å². The highest BCUT2D eigenvalue weighted by atomic mass is 15.3. The summed E-state index contributed by atoms with van der Waals surface area (Å²) in [5.41, 5.74) is 6.90. The molecule has 0 atom stereocenters. The first kappa shape index (κ1) is 12.7. The molecule has 3 N–H and O–H groups in total. The Morgan fingerprint density at radius 3 is 2.50 bits per heavy atom. The van der Waals surface area contributed by atoms with Crippen LogP contribution < -0.4 is 16.0 Å². The van der Waals surface area contributed by atoms with Crippen LogP contribution in [0.5, 0.6) is 0 Å². The summed E-state index contributed by atoms with van der Waals surface area (Å²) in [6, 6.07) is 11.7. The minimum absolute atomic E-state index is 0.499. The highest BCUT2D eigenvalue weighted by Crippen LogP contribution is 2.21. The van der Waals surface area contributed by atoms with E-state index < -0.39 is 0 Å². The fourth-order valence-corrected chi connectivity index (χ4v) is 2.42. The molecule has 2 aromatic rings. The van der Waals surface area contributed by atoms with Gasteiger partial charge in [0.25, 0.3) is 0 Å². The van der Waals surface area contributed by atoms with Crippen LogP contribution in [0.3, 0.4) is 0 Å². The number of para-hydroxylation sites is 1. The first-order valence-corrected chi connectivity index (χ1v) is 7.03. The molecule has 5 heteroatoms. The second-order valence-corrected chi connectivity index (χ2v) is 5.02. The lowest BCUT2D eigenvalue weighted by Gasteiger charge is -2.27. The molecule has 1 aliphatic heterocycles. The summed E-state index contributed by atoms with van der Waals surface area (Å²) < 4.78 is 0. The van der Waals surface area contributed by atoms with Gasteiger partial charge in [0.15, 0.2) is 0 Å². The zero-order chi connectivity index (χ0) is 13.8.